The van der Waals surface area contributed by atoms with Gasteiger partial charge in [0.1, 0.15) is 17.3 Å². The van der Waals surface area contributed by atoms with Crippen molar-refractivity contribution in [2.45, 2.75) is 32.4 Å². The molecule has 0 bridgehead atoms. The molecule has 0 amide bonds. The van der Waals surface area contributed by atoms with E-state index in [-0.39, 0.29) is 37.6 Å². The fourth-order valence-corrected chi connectivity index (χ4v) is 3.88. The molecule has 0 atom stereocenters. The lowest BCUT2D eigenvalue weighted by atomic mass is 10.1. The van der Waals surface area contributed by atoms with E-state index in [9.17, 15) is 43.2 Å². The van der Waals surface area contributed by atoms with Crippen molar-refractivity contribution in [3.63, 3.8) is 0 Å². The second-order valence-electron chi connectivity index (χ2n) is 8.05. The summed E-state index contributed by atoms with van der Waals surface area (Å²) in [7, 11) is -8.46. The summed E-state index contributed by atoms with van der Waals surface area (Å²) >= 11 is 0. The standard InChI is InChI=1S/C23H24F6N2O8S2/c1-3-13-41(34,35)39-30-20(22(25)26)18-10-9-17(14-19(18)24)37-12-4-11-36-16-7-5-15(6-8-16)21(23(27,28)29)31-38-40(2,32)33/h5-10,14,22H,3-4,11-13H2,1-2H3/b30-20-,31-21-. The minimum Gasteiger partial charge on any atom is -0.493 e. The average molecular weight is 635 g/mol. The first-order valence-corrected chi connectivity index (χ1v) is 14.9. The summed E-state index contributed by atoms with van der Waals surface area (Å²) in [6, 6.07) is 7.23. The number of nitrogens with zero attached hydrogens (tertiary/aromatic N) is 2. The Morgan fingerprint density at radius 1 is 0.902 bits per heavy atom. The lowest BCUT2D eigenvalue weighted by molar-refractivity contribution is -0.0597. The highest BCUT2D eigenvalue weighted by molar-refractivity contribution is 7.86. The molecule has 2 aromatic rings. The van der Waals surface area contributed by atoms with Gasteiger partial charge < -0.3 is 9.47 Å². The van der Waals surface area contributed by atoms with Gasteiger partial charge in [-0.1, -0.05) is 17.2 Å². The number of benzene rings is 2. The molecular weight excluding hydrogens is 610 g/mol. The molecule has 0 N–H and O–H groups in total. The zero-order chi connectivity index (χ0) is 30.8. The number of alkyl halides is 5. The lowest BCUT2D eigenvalue weighted by Crippen LogP contribution is -2.24. The molecule has 0 saturated heterocycles. The molecule has 0 radical (unpaired) electrons. The van der Waals surface area contributed by atoms with E-state index in [4.69, 9.17) is 9.47 Å². The minimum absolute atomic E-state index is 0.0169. The monoisotopic (exact) mass is 634 g/mol. The van der Waals surface area contributed by atoms with Crippen LogP contribution in [0.5, 0.6) is 11.5 Å². The molecule has 0 fully saturated rings. The first kappa shape index (κ1) is 33.7. The first-order chi connectivity index (χ1) is 19.0. The third kappa shape index (κ3) is 11.5. The van der Waals surface area contributed by atoms with Crippen LogP contribution >= 0.6 is 0 Å². The predicted octanol–water partition coefficient (Wildman–Crippen LogP) is 4.64. The molecular formula is C23H24F6N2O8S2. The smallest absolute Gasteiger partial charge is 0.437 e. The van der Waals surface area contributed by atoms with Gasteiger partial charge in [0.05, 0.1) is 25.2 Å². The Morgan fingerprint density at radius 2 is 1.49 bits per heavy atom. The molecule has 2 aromatic carbocycles. The second kappa shape index (κ2) is 14.4. The molecule has 0 saturated carbocycles. The highest BCUT2D eigenvalue weighted by Gasteiger charge is 2.38. The Bertz CT molecular complexity index is 1450. The molecule has 0 aliphatic rings. The Balaban J connectivity index is 1.94. The molecule has 0 aliphatic heterocycles. The van der Waals surface area contributed by atoms with Crippen molar-refractivity contribution >= 4 is 31.7 Å². The van der Waals surface area contributed by atoms with Crippen LogP contribution in [-0.2, 0) is 28.8 Å². The van der Waals surface area contributed by atoms with Gasteiger partial charge in [-0.25, -0.2) is 13.2 Å². The van der Waals surface area contributed by atoms with Crippen LogP contribution in [0.25, 0.3) is 0 Å². The van der Waals surface area contributed by atoms with E-state index in [2.05, 4.69) is 18.9 Å². The van der Waals surface area contributed by atoms with E-state index in [1.807, 2.05) is 0 Å². The minimum atomic E-state index is -5.00. The highest BCUT2D eigenvalue weighted by Crippen LogP contribution is 2.25. The van der Waals surface area contributed by atoms with E-state index in [0.29, 0.717) is 6.26 Å². The van der Waals surface area contributed by atoms with Gasteiger partial charge in [0.2, 0.25) is 0 Å². The number of rotatable bonds is 15. The predicted molar refractivity (Wildman–Crippen MR) is 135 cm³/mol. The number of hydrogen-bond donors (Lipinski definition) is 0. The largest absolute Gasteiger partial charge is 0.493 e. The van der Waals surface area contributed by atoms with Crippen LogP contribution < -0.4 is 9.47 Å². The van der Waals surface area contributed by atoms with Crippen molar-refractivity contribution in [1.29, 1.82) is 0 Å². The average Bonchev–Trinajstić information content (AvgIpc) is 2.84. The summed E-state index contributed by atoms with van der Waals surface area (Å²) in [4.78, 5) is 0. The van der Waals surface area contributed by atoms with E-state index in [1.165, 1.54) is 19.1 Å². The highest BCUT2D eigenvalue weighted by atomic mass is 32.2. The van der Waals surface area contributed by atoms with Gasteiger partial charge in [0.25, 0.3) is 6.43 Å². The summed E-state index contributed by atoms with van der Waals surface area (Å²) in [6.45, 7) is 1.51. The zero-order valence-electron chi connectivity index (χ0n) is 21.4. The maximum Gasteiger partial charge on any atom is 0.437 e. The summed E-state index contributed by atoms with van der Waals surface area (Å²) in [6.07, 6.45) is -7.43. The fourth-order valence-electron chi connectivity index (χ4n) is 2.91. The third-order valence-electron chi connectivity index (χ3n) is 4.61. The summed E-state index contributed by atoms with van der Waals surface area (Å²) in [5, 5.41) is 5.61. The van der Waals surface area contributed by atoms with E-state index in [1.54, 1.807) is 0 Å². The van der Waals surface area contributed by atoms with Crippen molar-refractivity contribution in [1.82, 2.24) is 0 Å². The second-order valence-corrected chi connectivity index (χ2v) is 11.3. The fraction of sp³-hybridized carbons (Fsp3) is 0.391. The van der Waals surface area contributed by atoms with Crippen molar-refractivity contribution in [3.8, 4) is 11.5 Å². The number of ether oxygens (including phenoxy) is 2. The molecule has 18 heteroatoms. The Hall–Kier alpha value is -3.54. The van der Waals surface area contributed by atoms with Crippen LogP contribution in [0, 0.1) is 5.82 Å². The summed E-state index contributed by atoms with van der Waals surface area (Å²) in [5.74, 6) is -1.51. The normalized spacial score (nSPS) is 13.3. The van der Waals surface area contributed by atoms with Gasteiger partial charge in [0, 0.05) is 23.6 Å². The summed E-state index contributed by atoms with van der Waals surface area (Å²) in [5.41, 5.74) is -3.95. The number of hydrogen-bond acceptors (Lipinski definition) is 10. The SMILES string of the molecule is CCCS(=O)(=O)O/N=C(/c1ccc(OCCCOc2ccc(/C(=N/OS(C)(=O)=O)C(F)(F)F)cc2)cc1F)C(F)F. The molecule has 0 heterocycles. The molecule has 0 aliphatic carbocycles. The van der Waals surface area contributed by atoms with Crippen LogP contribution in [0.4, 0.5) is 26.3 Å². The summed E-state index contributed by atoms with van der Waals surface area (Å²) < 4.78 is 145. The van der Waals surface area contributed by atoms with Crippen LogP contribution in [0.3, 0.4) is 0 Å². The van der Waals surface area contributed by atoms with Crippen LogP contribution in [0.1, 0.15) is 30.9 Å². The van der Waals surface area contributed by atoms with E-state index >= 15 is 0 Å². The van der Waals surface area contributed by atoms with Gasteiger partial charge in [-0.05, 0) is 42.8 Å². The molecule has 0 spiro atoms. The number of oxime groups is 2. The van der Waals surface area contributed by atoms with Crippen LogP contribution in [0.2, 0.25) is 0 Å². The quantitative estimate of drug-likeness (QED) is 0.120. The van der Waals surface area contributed by atoms with E-state index < -0.39 is 67.0 Å². The van der Waals surface area contributed by atoms with Gasteiger partial charge in [-0.3, -0.25) is 8.57 Å². The lowest BCUT2D eigenvalue weighted by Gasteiger charge is -2.12. The topological polar surface area (TPSA) is 130 Å². The maximum atomic E-state index is 14.5. The van der Waals surface area contributed by atoms with Crippen molar-refractivity contribution in [2.75, 3.05) is 25.2 Å². The number of halogens is 6. The van der Waals surface area contributed by atoms with Gasteiger partial charge in [-0.2, -0.15) is 30.0 Å². The Morgan fingerprint density at radius 3 is 2.00 bits per heavy atom. The Kier molecular flexibility index (Phi) is 11.8. The molecule has 228 valence electrons. The van der Waals surface area contributed by atoms with Gasteiger partial charge >= 0.3 is 26.4 Å². The van der Waals surface area contributed by atoms with Crippen LogP contribution in [-0.4, -0.2) is 66.1 Å². The van der Waals surface area contributed by atoms with Gasteiger partial charge in [0.15, 0.2) is 11.4 Å². The van der Waals surface area contributed by atoms with Crippen molar-refractivity contribution in [3.05, 3.63) is 59.4 Å². The van der Waals surface area contributed by atoms with Crippen molar-refractivity contribution in [2.24, 2.45) is 10.3 Å². The Labute approximate surface area is 231 Å². The maximum absolute atomic E-state index is 14.5. The molecule has 0 aromatic heterocycles. The van der Waals surface area contributed by atoms with E-state index in [0.717, 1.165) is 30.3 Å². The van der Waals surface area contributed by atoms with Crippen LogP contribution in [0.15, 0.2) is 52.8 Å². The zero-order valence-corrected chi connectivity index (χ0v) is 23.0. The first-order valence-electron chi connectivity index (χ1n) is 11.5. The van der Waals surface area contributed by atoms with Gasteiger partial charge in [-0.15, -0.1) is 0 Å². The molecule has 0 unspecified atom stereocenters. The molecule has 10 nitrogen and oxygen atoms in total. The molecule has 2 rings (SSSR count). The third-order valence-corrected chi connectivity index (χ3v) is 6.17. The molecule has 41 heavy (non-hydrogen) atoms. The van der Waals surface area contributed by atoms with Crippen molar-refractivity contribution < 1.29 is 61.2 Å².